The van der Waals surface area contributed by atoms with Crippen molar-refractivity contribution >= 4 is 23.2 Å². The molecule has 0 aliphatic rings. The maximum absolute atomic E-state index is 12.8. The number of oxazole rings is 1. The number of carbonyl (C=O) groups is 1. The van der Waals surface area contributed by atoms with Crippen molar-refractivity contribution in [2.75, 3.05) is 5.32 Å². The molecular formula is C17H10ClF3N2O2. The average molecular weight is 367 g/mol. The molecule has 0 atom stereocenters. The Morgan fingerprint density at radius 2 is 1.84 bits per heavy atom. The molecule has 0 saturated heterocycles. The molecule has 4 nitrogen and oxygen atoms in total. The van der Waals surface area contributed by atoms with E-state index in [4.69, 9.17) is 16.0 Å². The minimum Gasteiger partial charge on any atom is -0.432 e. The monoisotopic (exact) mass is 366 g/mol. The molecular weight excluding hydrogens is 357 g/mol. The molecule has 3 aromatic rings. The summed E-state index contributed by atoms with van der Waals surface area (Å²) in [6, 6.07) is 11.6. The van der Waals surface area contributed by atoms with E-state index in [1.807, 2.05) is 6.07 Å². The largest absolute Gasteiger partial charge is 0.432 e. The van der Waals surface area contributed by atoms with Gasteiger partial charge >= 0.3 is 12.1 Å². The van der Waals surface area contributed by atoms with E-state index in [1.165, 1.54) is 6.20 Å². The van der Waals surface area contributed by atoms with Gasteiger partial charge in [0.1, 0.15) is 0 Å². The summed E-state index contributed by atoms with van der Waals surface area (Å²) in [7, 11) is 0. The topological polar surface area (TPSA) is 55.1 Å². The number of carbonyl (C=O) groups excluding carboxylic acids is 1. The minimum absolute atomic E-state index is 0.0313. The van der Waals surface area contributed by atoms with Gasteiger partial charge in [-0.3, -0.25) is 4.79 Å². The van der Waals surface area contributed by atoms with Crippen LogP contribution in [0.1, 0.15) is 16.2 Å². The molecule has 1 aromatic heterocycles. The van der Waals surface area contributed by atoms with Gasteiger partial charge in [-0.05, 0) is 18.2 Å². The van der Waals surface area contributed by atoms with Crippen LogP contribution in [0.5, 0.6) is 0 Å². The summed E-state index contributed by atoms with van der Waals surface area (Å²) < 4.78 is 43.6. The number of halogens is 4. The van der Waals surface area contributed by atoms with E-state index in [0.717, 1.165) is 18.2 Å². The average Bonchev–Trinajstić information content (AvgIpc) is 3.07. The van der Waals surface area contributed by atoms with Crippen LogP contribution in [0.3, 0.4) is 0 Å². The first-order valence-electron chi connectivity index (χ1n) is 7.04. The maximum atomic E-state index is 12.8. The lowest BCUT2D eigenvalue weighted by Crippen LogP contribution is -2.14. The second-order valence-corrected chi connectivity index (χ2v) is 5.45. The number of alkyl halides is 3. The number of rotatable bonds is 3. The number of hydrogen-bond acceptors (Lipinski definition) is 3. The Bertz CT molecular complexity index is 908. The Labute approximate surface area is 145 Å². The van der Waals surface area contributed by atoms with Crippen LogP contribution in [0, 0.1) is 0 Å². The van der Waals surface area contributed by atoms with E-state index in [1.54, 1.807) is 24.3 Å². The first-order chi connectivity index (χ1) is 11.8. The first kappa shape index (κ1) is 17.0. The van der Waals surface area contributed by atoms with Crippen LogP contribution in [0.15, 0.2) is 59.1 Å². The van der Waals surface area contributed by atoms with E-state index >= 15 is 0 Å². The normalized spacial score (nSPS) is 11.4. The number of anilines is 1. The lowest BCUT2D eigenvalue weighted by atomic mass is 10.2. The molecule has 0 fully saturated rings. The zero-order valence-corrected chi connectivity index (χ0v) is 13.2. The molecule has 1 heterocycles. The zero-order chi connectivity index (χ0) is 18.0. The summed E-state index contributed by atoms with van der Waals surface area (Å²) in [6.07, 6.45) is -3.19. The Hall–Kier alpha value is -2.80. The predicted octanol–water partition coefficient (Wildman–Crippen LogP) is 5.27. The highest BCUT2D eigenvalue weighted by molar-refractivity contribution is 6.33. The van der Waals surface area contributed by atoms with Crippen LogP contribution in [-0.4, -0.2) is 10.9 Å². The molecule has 0 spiro atoms. The molecule has 25 heavy (non-hydrogen) atoms. The third kappa shape index (κ3) is 3.83. The summed E-state index contributed by atoms with van der Waals surface area (Å²) in [5.74, 6) is -0.725. The van der Waals surface area contributed by atoms with Gasteiger partial charge in [-0.2, -0.15) is 13.2 Å². The Balaban J connectivity index is 1.83. The third-order valence-electron chi connectivity index (χ3n) is 3.30. The van der Waals surface area contributed by atoms with Crippen molar-refractivity contribution in [3.8, 4) is 11.3 Å². The molecule has 8 heteroatoms. The molecule has 128 valence electrons. The number of nitrogens with one attached hydrogen (secondary N) is 1. The summed E-state index contributed by atoms with van der Waals surface area (Å²) in [6.45, 7) is 0. The van der Waals surface area contributed by atoms with Gasteiger partial charge in [0.05, 0.1) is 22.5 Å². The van der Waals surface area contributed by atoms with E-state index < -0.39 is 17.6 Å². The molecule has 0 aliphatic carbocycles. The van der Waals surface area contributed by atoms with Gasteiger partial charge < -0.3 is 9.73 Å². The molecule has 0 aliphatic heterocycles. The molecule has 0 saturated carbocycles. The lowest BCUT2D eigenvalue weighted by Gasteiger charge is -2.10. The quantitative estimate of drug-likeness (QED) is 0.687. The van der Waals surface area contributed by atoms with E-state index in [2.05, 4.69) is 10.3 Å². The smallest absolute Gasteiger partial charge is 0.416 e. The predicted molar refractivity (Wildman–Crippen MR) is 86.3 cm³/mol. The Morgan fingerprint density at radius 3 is 2.52 bits per heavy atom. The second-order valence-electron chi connectivity index (χ2n) is 5.04. The standard InChI is InChI=1S/C17H10ClF3N2O2/c18-12-7-6-11(17(19,20)21)8-13(12)23-15(24)16-22-9-14(25-16)10-4-2-1-3-5-10/h1-9H,(H,23,24). The lowest BCUT2D eigenvalue weighted by molar-refractivity contribution is -0.137. The molecule has 0 bridgehead atoms. The van der Waals surface area contributed by atoms with Crippen molar-refractivity contribution in [3.63, 3.8) is 0 Å². The molecule has 1 N–H and O–H groups in total. The number of hydrogen-bond donors (Lipinski definition) is 1. The van der Waals surface area contributed by atoms with Crippen LogP contribution in [0.25, 0.3) is 11.3 Å². The van der Waals surface area contributed by atoms with Crippen molar-refractivity contribution in [1.82, 2.24) is 4.98 Å². The zero-order valence-electron chi connectivity index (χ0n) is 12.5. The highest BCUT2D eigenvalue weighted by atomic mass is 35.5. The highest BCUT2D eigenvalue weighted by Gasteiger charge is 2.31. The van der Waals surface area contributed by atoms with Crippen molar-refractivity contribution in [1.29, 1.82) is 0 Å². The van der Waals surface area contributed by atoms with Crippen molar-refractivity contribution in [2.24, 2.45) is 0 Å². The van der Waals surface area contributed by atoms with Gasteiger partial charge in [0.15, 0.2) is 5.76 Å². The van der Waals surface area contributed by atoms with Crippen molar-refractivity contribution < 1.29 is 22.4 Å². The summed E-state index contributed by atoms with van der Waals surface area (Å²) in [5, 5.41) is 2.25. The van der Waals surface area contributed by atoms with Crippen molar-refractivity contribution in [3.05, 3.63) is 71.2 Å². The van der Waals surface area contributed by atoms with Gasteiger partial charge in [-0.1, -0.05) is 41.9 Å². The van der Waals surface area contributed by atoms with Crippen LogP contribution >= 0.6 is 11.6 Å². The summed E-state index contributed by atoms with van der Waals surface area (Å²) in [5.41, 5.74) is -0.392. The van der Waals surface area contributed by atoms with Crippen LogP contribution in [0.2, 0.25) is 5.02 Å². The van der Waals surface area contributed by atoms with E-state index in [0.29, 0.717) is 11.3 Å². The van der Waals surface area contributed by atoms with E-state index in [9.17, 15) is 18.0 Å². The van der Waals surface area contributed by atoms with Crippen molar-refractivity contribution in [2.45, 2.75) is 6.18 Å². The van der Waals surface area contributed by atoms with Gasteiger partial charge in [0.2, 0.25) is 0 Å². The molecule has 3 rings (SSSR count). The molecule has 2 aromatic carbocycles. The fourth-order valence-corrected chi connectivity index (χ4v) is 2.25. The summed E-state index contributed by atoms with van der Waals surface area (Å²) in [4.78, 5) is 16.0. The first-order valence-corrected chi connectivity index (χ1v) is 7.42. The van der Waals surface area contributed by atoms with Gasteiger partial charge in [0, 0.05) is 5.56 Å². The minimum atomic E-state index is -4.55. The Morgan fingerprint density at radius 1 is 1.12 bits per heavy atom. The molecule has 0 radical (unpaired) electrons. The maximum Gasteiger partial charge on any atom is 0.416 e. The number of benzene rings is 2. The van der Waals surface area contributed by atoms with Gasteiger partial charge in [-0.15, -0.1) is 0 Å². The fourth-order valence-electron chi connectivity index (χ4n) is 2.09. The van der Waals surface area contributed by atoms with Gasteiger partial charge in [0.25, 0.3) is 5.89 Å². The third-order valence-corrected chi connectivity index (χ3v) is 3.63. The summed E-state index contributed by atoms with van der Waals surface area (Å²) >= 11 is 5.85. The van der Waals surface area contributed by atoms with Crippen LogP contribution in [0.4, 0.5) is 18.9 Å². The number of nitrogens with zero attached hydrogens (tertiary/aromatic N) is 1. The molecule has 0 unspecified atom stereocenters. The second kappa shape index (κ2) is 6.60. The number of amides is 1. The van der Waals surface area contributed by atoms with Gasteiger partial charge in [-0.25, -0.2) is 4.98 Å². The number of aromatic nitrogens is 1. The van der Waals surface area contributed by atoms with E-state index in [-0.39, 0.29) is 16.6 Å². The van der Waals surface area contributed by atoms with Crippen LogP contribution < -0.4 is 5.32 Å². The molecule has 1 amide bonds. The Kier molecular flexibility index (Phi) is 4.50. The fraction of sp³-hybridized carbons (Fsp3) is 0.0588. The van der Waals surface area contributed by atoms with Crippen LogP contribution in [-0.2, 0) is 6.18 Å². The highest BCUT2D eigenvalue weighted by Crippen LogP contribution is 2.34. The SMILES string of the molecule is O=C(Nc1cc(C(F)(F)F)ccc1Cl)c1ncc(-c2ccccc2)o1.